The molecule has 29 heavy (non-hydrogen) atoms. The summed E-state index contributed by atoms with van der Waals surface area (Å²) in [5.41, 5.74) is 6.30. The summed E-state index contributed by atoms with van der Waals surface area (Å²) in [6.07, 6.45) is 3.10. The van der Waals surface area contributed by atoms with E-state index < -0.39 is 0 Å². The minimum atomic E-state index is -0.355. The van der Waals surface area contributed by atoms with Crippen LogP contribution in [0.2, 0.25) is 0 Å². The van der Waals surface area contributed by atoms with Crippen LogP contribution in [0.1, 0.15) is 10.4 Å². The lowest BCUT2D eigenvalue weighted by Crippen LogP contribution is -2.22. The Morgan fingerprint density at radius 2 is 1.79 bits per heavy atom. The zero-order chi connectivity index (χ0) is 19.6. The molecule has 7 nitrogen and oxygen atoms in total. The minimum absolute atomic E-state index is 0.255. The molecule has 0 aliphatic rings. The molecule has 0 saturated heterocycles. The minimum Gasteiger partial charge on any atom is -0.436 e. The van der Waals surface area contributed by atoms with Crippen LogP contribution in [-0.2, 0) is 0 Å². The van der Waals surface area contributed by atoms with E-state index in [1.807, 2.05) is 54.6 Å². The maximum atomic E-state index is 12.4. The van der Waals surface area contributed by atoms with Crippen LogP contribution in [0.25, 0.3) is 33.4 Å². The van der Waals surface area contributed by atoms with Gasteiger partial charge in [0, 0.05) is 23.3 Å². The summed E-state index contributed by atoms with van der Waals surface area (Å²) in [4.78, 5) is 24.2. The van der Waals surface area contributed by atoms with E-state index in [4.69, 9.17) is 4.42 Å². The fourth-order valence-electron chi connectivity index (χ4n) is 3.07. The van der Waals surface area contributed by atoms with Crippen LogP contribution in [-0.4, -0.2) is 20.9 Å². The Hall–Kier alpha value is -4.26. The molecule has 0 bridgehead atoms. The molecule has 5 aromatic rings. The maximum Gasteiger partial charge on any atom is 0.271 e. The van der Waals surface area contributed by atoms with E-state index in [2.05, 4.69) is 25.5 Å². The fraction of sp³-hybridized carbons (Fsp3) is 0. The summed E-state index contributed by atoms with van der Waals surface area (Å²) in [7, 11) is 0. The summed E-state index contributed by atoms with van der Waals surface area (Å²) >= 11 is 0. The third kappa shape index (κ3) is 3.25. The standard InChI is InChI=1S/C22H15N5O2/c28-21(14-9-11-23-12-10-14)26-27-22-16(13-15-5-1-4-8-19(15)29-22)20-24-17-6-2-3-7-18(17)25-20/h1-13H,(H,24,25)(H,26,28)/b27-22-. The summed E-state index contributed by atoms with van der Waals surface area (Å²) in [6.45, 7) is 0. The Kier molecular flexibility index (Phi) is 4.10. The second kappa shape index (κ2) is 7.05. The van der Waals surface area contributed by atoms with Gasteiger partial charge in [-0.2, -0.15) is 0 Å². The Morgan fingerprint density at radius 3 is 2.66 bits per heavy atom. The molecule has 0 unspecified atom stereocenters. The molecule has 140 valence electrons. The van der Waals surface area contributed by atoms with Crippen LogP contribution in [0, 0.1) is 0 Å². The Labute approximate surface area is 164 Å². The van der Waals surface area contributed by atoms with Gasteiger partial charge >= 0.3 is 0 Å². The van der Waals surface area contributed by atoms with E-state index >= 15 is 0 Å². The van der Waals surface area contributed by atoms with Crippen LogP contribution < -0.4 is 11.0 Å². The first-order valence-corrected chi connectivity index (χ1v) is 9.00. The lowest BCUT2D eigenvalue weighted by Gasteiger charge is -2.03. The normalized spacial score (nSPS) is 11.8. The van der Waals surface area contributed by atoms with Gasteiger partial charge in [0.1, 0.15) is 11.4 Å². The van der Waals surface area contributed by atoms with Crippen molar-refractivity contribution in [2.45, 2.75) is 0 Å². The molecule has 0 saturated carbocycles. The number of hydrogen-bond acceptors (Lipinski definition) is 5. The Balaban J connectivity index is 1.64. The number of pyridine rings is 1. The molecule has 7 heteroatoms. The van der Waals surface area contributed by atoms with Gasteiger partial charge in [0.05, 0.1) is 16.6 Å². The van der Waals surface area contributed by atoms with Crippen molar-refractivity contribution in [2.75, 3.05) is 0 Å². The zero-order valence-corrected chi connectivity index (χ0v) is 15.2. The third-order valence-electron chi connectivity index (χ3n) is 4.50. The molecule has 1 amide bonds. The number of nitrogens with one attached hydrogen (secondary N) is 2. The molecule has 0 spiro atoms. The topological polar surface area (TPSA) is 96.2 Å². The van der Waals surface area contributed by atoms with E-state index in [0.29, 0.717) is 22.5 Å². The molecule has 0 aliphatic heterocycles. The van der Waals surface area contributed by atoms with Gasteiger partial charge in [-0.05, 0) is 36.4 Å². The van der Waals surface area contributed by atoms with Crippen molar-refractivity contribution in [1.29, 1.82) is 0 Å². The van der Waals surface area contributed by atoms with Gasteiger partial charge in [-0.15, -0.1) is 5.10 Å². The molecule has 0 fully saturated rings. The Morgan fingerprint density at radius 1 is 1.00 bits per heavy atom. The van der Waals surface area contributed by atoms with Crippen molar-refractivity contribution in [3.8, 4) is 11.4 Å². The number of nitrogens with zero attached hydrogens (tertiary/aromatic N) is 3. The largest absolute Gasteiger partial charge is 0.436 e. The van der Waals surface area contributed by atoms with Crippen LogP contribution in [0.5, 0.6) is 0 Å². The Bertz CT molecular complexity index is 1370. The highest BCUT2D eigenvalue weighted by Gasteiger charge is 2.12. The highest BCUT2D eigenvalue weighted by atomic mass is 16.3. The van der Waals surface area contributed by atoms with Gasteiger partial charge < -0.3 is 9.40 Å². The molecule has 3 aromatic heterocycles. The van der Waals surface area contributed by atoms with E-state index in [1.54, 1.807) is 24.5 Å². The second-order valence-electron chi connectivity index (χ2n) is 6.39. The number of H-pyrrole nitrogens is 1. The van der Waals surface area contributed by atoms with Gasteiger partial charge in [-0.1, -0.05) is 30.3 Å². The first-order valence-electron chi connectivity index (χ1n) is 9.00. The third-order valence-corrected chi connectivity index (χ3v) is 4.50. The molecule has 5 rings (SSSR count). The van der Waals surface area contributed by atoms with Crippen molar-refractivity contribution in [3.63, 3.8) is 0 Å². The molecule has 0 radical (unpaired) electrons. The molecular weight excluding hydrogens is 366 g/mol. The maximum absolute atomic E-state index is 12.4. The lowest BCUT2D eigenvalue weighted by atomic mass is 10.2. The van der Waals surface area contributed by atoms with Gasteiger partial charge in [0.25, 0.3) is 5.91 Å². The molecule has 3 heterocycles. The van der Waals surface area contributed by atoms with Crippen molar-refractivity contribution in [2.24, 2.45) is 5.10 Å². The number of aromatic amines is 1. The number of fused-ring (bicyclic) bond motifs is 2. The number of rotatable bonds is 3. The van der Waals surface area contributed by atoms with Crippen molar-refractivity contribution in [1.82, 2.24) is 20.4 Å². The van der Waals surface area contributed by atoms with Gasteiger partial charge in [-0.25, -0.2) is 10.4 Å². The number of para-hydroxylation sites is 3. The number of benzene rings is 2. The molecule has 0 atom stereocenters. The summed E-state index contributed by atoms with van der Waals surface area (Å²) in [6, 6.07) is 20.5. The molecule has 2 N–H and O–H groups in total. The average Bonchev–Trinajstić information content (AvgIpc) is 3.21. The highest BCUT2D eigenvalue weighted by Crippen LogP contribution is 2.21. The van der Waals surface area contributed by atoms with Crippen LogP contribution in [0.3, 0.4) is 0 Å². The second-order valence-corrected chi connectivity index (χ2v) is 6.39. The van der Waals surface area contributed by atoms with Crippen molar-refractivity contribution >= 4 is 27.9 Å². The monoisotopic (exact) mass is 381 g/mol. The van der Waals surface area contributed by atoms with E-state index in [-0.39, 0.29) is 11.5 Å². The highest BCUT2D eigenvalue weighted by molar-refractivity contribution is 5.93. The first kappa shape index (κ1) is 16.9. The van der Waals surface area contributed by atoms with Gasteiger partial charge in [0.15, 0.2) is 0 Å². The van der Waals surface area contributed by atoms with Crippen LogP contribution in [0.4, 0.5) is 0 Å². The summed E-state index contributed by atoms with van der Waals surface area (Å²) in [5, 5.41) is 5.14. The van der Waals surface area contributed by atoms with Crippen LogP contribution >= 0.6 is 0 Å². The predicted octanol–water partition coefficient (Wildman–Crippen LogP) is 3.62. The van der Waals surface area contributed by atoms with Crippen molar-refractivity contribution in [3.05, 3.63) is 90.2 Å². The number of carbonyl (C=O) groups excluding carboxylic acids is 1. The fourth-order valence-corrected chi connectivity index (χ4v) is 3.07. The zero-order valence-electron chi connectivity index (χ0n) is 15.2. The number of amides is 1. The van der Waals surface area contributed by atoms with E-state index in [0.717, 1.165) is 16.4 Å². The number of carbonyl (C=O) groups is 1. The summed E-state index contributed by atoms with van der Waals surface area (Å²) < 4.78 is 5.98. The van der Waals surface area contributed by atoms with Gasteiger partial charge in [0.2, 0.25) is 5.55 Å². The number of imidazole rings is 1. The number of hydrogen-bond donors (Lipinski definition) is 2. The molecule has 2 aromatic carbocycles. The van der Waals surface area contributed by atoms with Crippen LogP contribution in [0.15, 0.2) is 88.6 Å². The average molecular weight is 381 g/mol. The molecule has 0 aliphatic carbocycles. The van der Waals surface area contributed by atoms with E-state index in [9.17, 15) is 4.79 Å². The SMILES string of the molecule is O=C(N/N=c1\oc2ccccc2cc1-c1nc2ccccc2[nH]1)c1ccncc1. The predicted molar refractivity (Wildman–Crippen MR) is 109 cm³/mol. The van der Waals surface area contributed by atoms with Gasteiger partial charge in [-0.3, -0.25) is 9.78 Å². The smallest absolute Gasteiger partial charge is 0.271 e. The molecular formula is C22H15N5O2. The summed E-state index contributed by atoms with van der Waals surface area (Å²) in [5.74, 6) is 0.254. The number of aromatic nitrogens is 3. The van der Waals surface area contributed by atoms with E-state index in [1.165, 1.54) is 0 Å². The first-order chi connectivity index (χ1) is 14.3. The quantitative estimate of drug-likeness (QED) is 0.467. The lowest BCUT2D eigenvalue weighted by molar-refractivity contribution is 0.0951. The van der Waals surface area contributed by atoms with Crippen molar-refractivity contribution < 1.29 is 9.21 Å².